The normalized spacial score (nSPS) is 20.7. The van der Waals surface area contributed by atoms with E-state index in [0.717, 1.165) is 4.90 Å². The van der Waals surface area contributed by atoms with Gasteiger partial charge in [0.25, 0.3) is 11.6 Å². The highest BCUT2D eigenvalue weighted by Gasteiger charge is 2.60. The second-order valence-electron chi connectivity index (χ2n) is 6.00. The maximum atomic E-state index is 13.2. The van der Waals surface area contributed by atoms with E-state index in [0.29, 0.717) is 5.56 Å². The van der Waals surface area contributed by atoms with Crippen LogP contribution in [-0.2, 0) is 19.8 Å². The monoisotopic (exact) mass is 351 g/mol. The van der Waals surface area contributed by atoms with Gasteiger partial charge in [-0.2, -0.15) is 0 Å². The van der Waals surface area contributed by atoms with E-state index in [1.807, 2.05) is 13.8 Å². The number of nitrogens with zero attached hydrogens (tertiary/aromatic N) is 3. The molecule has 1 aromatic carbocycles. The molecule has 2 rings (SSSR count). The average Bonchev–Trinajstić information content (AvgIpc) is 2.78. The first-order chi connectivity index (χ1) is 11.8. The number of carbonyl (C=O) groups is 2. The predicted molar refractivity (Wildman–Crippen MR) is 87.4 cm³/mol. The van der Waals surface area contributed by atoms with E-state index in [4.69, 9.17) is 9.47 Å². The standard InChI is InChI=1S/C16H21N3O6/c1-11(2)16(12-5-7-13(8-6-12)19(22)23)14(20)17(9-24-3)15(21)18(16)10-25-4/h5-8,11H,9-10H2,1-4H3/t16-/m0/s1. The van der Waals surface area contributed by atoms with Crippen LogP contribution in [-0.4, -0.2) is 54.3 Å². The SMILES string of the molecule is COCN1C(=O)N(COC)[C@](c2ccc([N+](=O)[O-])cc2)(C(C)C)C1=O. The first-order valence-electron chi connectivity index (χ1n) is 7.68. The van der Waals surface area contributed by atoms with Crippen LogP contribution in [0.3, 0.4) is 0 Å². The lowest BCUT2D eigenvalue weighted by atomic mass is 9.78. The van der Waals surface area contributed by atoms with Crippen molar-refractivity contribution in [1.29, 1.82) is 0 Å². The van der Waals surface area contributed by atoms with Crippen molar-refractivity contribution in [3.8, 4) is 0 Å². The Kier molecular flexibility index (Phi) is 5.39. The third-order valence-electron chi connectivity index (χ3n) is 4.33. The van der Waals surface area contributed by atoms with Crippen LogP contribution in [0.1, 0.15) is 19.4 Å². The fraction of sp³-hybridized carbons (Fsp3) is 0.500. The second kappa shape index (κ2) is 7.16. The van der Waals surface area contributed by atoms with Crippen molar-refractivity contribution in [3.63, 3.8) is 0 Å². The van der Waals surface area contributed by atoms with Gasteiger partial charge in [-0.15, -0.1) is 0 Å². The number of hydrogen-bond acceptors (Lipinski definition) is 6. The van der Waals surface area contributed by atoms with Crippen molar-refractivity contribution >= 4 is 17.6 Å². The molecule has 3 amide bonds. The lowest BCUT2D eigenvalue weighted by Crippen LogP contribution is -2.51. The van der Waals surface area contributed by atoms with E-state index in [2.05, 4.69) is 0 Å². The van der Waals surface area contributed by atoms with Crippen LogP contribution >= 0.6 is 0 Å². The molecule has 1 fully saturated rings. The Morgan fingerprint density at radius 1 is 1.12 bits per heavy atom. The number of nitro groups is 1. The molecule has 0 N–H and O–H groups in total. The Labute approximate surface area is 145 Å². The predicted octanol–water partition coefficient (Wildman–Crippen LogP) is 1.92. The van der Waals surface area contributed by atoms with Gasteiger partial charge in [0.2, 0.25) is 0 Å². The van der Waals surface area contributed by atoms with Crippen LogP contribution in [0.25, 0.3) is 0 Å². The summed E-state index contributed by atoms with van der Waals surface area (Å²) in [7, 11) is 2.82. The summed E-state index contributed by atoms with van der Waals surface area (Å²) < 4.78 is 10.1. The molecule has 0 radical (unpaired) electrons. The number of hydrogen-bond donors (Lipinski definition) is 0. The third-order valence-corrected chi connectivity index (χ3v) is 4.33. The van der Waals surface area contributed by atoms with Crippen molar-refractivity contribution in [1.82, 2.24) is 9.80 Å². The highest BCUT2D eigenvalue weighted by Crippen LogP contribution is 2.43. The molecule has 0 unspecified atom stereocenters. The van der Waals surface area contributed by atoms with Crippen LogP contribution < -0.4 is 0 Å². The van der Waals surface area contributed by atoms with Crippen LogP contribution in [0.15, 0.2) is 24.3 Å². The summed E-state index contributed by atoms with van der Waals surface area (Å²) in [5.74, 6) is -0.748. The van der Waals surface area contributed by atoms with E-state index < -0.39 is 22.4 Å². The highest BCUT2D eigenvalue weighted by molar-refractivity contribution is 6.07. The molecule has 0 saturated carbocycles. The Morgan fingerprint density at radius 2 is 1.68 bits per heavy atom. The first kappa shape index (κ1) is 18.8. The minimum absolute atomic E-state index is 0.0912. The van der Waals surface area contributed by atoms with Crippen LogP contribution in [0.2, 0.25) is 0 Å². The number of imide groups is 1. The molecule has 0 aromatic heterocycles. The summed E-state index contributed by atoms with van der Waals surface area (Å²) in [5, 5.41) is 10.9. The van der Waals surface area contributed by atoms with Gasteiger partial charge in [0.05, 0.1) is 4.92 Å². The molecule has 1 saturated heterocycles. The quantitative estimate of drug-likeness (QED) is 0.422. The van der Waals surface area contributed by atoms with Gasteiger partial charge in [-0.05, 0) is 23.6 Å². The molecule has 1 aliphatic rings. The van der Waals surface area contributed by atoms with Gasteiger partial charge in [0, 0.05) is 26.4 Å². The minimum atomic E-state index is -1.32. The molecule has 136 valence electrons. The first-order valence-corrected chi connectivity index (χ1v) is 7.68. The topological polar surface area (TPSA) is 102 Å². The number of non-ortho nitro benzene ring substituents is 1. The minimum Gasteiger partial charge on any atom is -0.364 e. The number of carbonyl (C=O) groups excluding carboxylic acids is 2. The number of rotatable bonds is 7. The molecule has 1 aromatic rings. The molecule has 0 bridgehead atoms. The molecule has 9 nitrogen and oxygen atoms in total. The Morgan fingerprint density at radius 3 is 2.12 bits per heavy atom. The average molecular weight is 351 g/mol. The molecule has 0 aliphatic carbocycles. The van der Waals surface area contributed by atoms with Crippen LogP contribution in [0, 0.1) is 16.0 Å². The van der Waals surface area contributed by atoms with Gasteiger partial charge in [-0.1, -0.05) is 13.8 Å². The van der Waals surface area contributed by atoms with Crippen molar-refractivity contribution in [2.75, 3.05) is 27.7 Å². The van der Waals surface area contributed by atoms with Gasteiger partial charge in [-0.3, -0.25) is 19.8 Å². The zero-order valence-corrected chi connectivity index (χ0v) is 14.6. The summed E-state index contributed by atoms with van der Waals surface area (Å²) in [6, 6.07) is 5.12. The van der Waals surface area contributed by atoms with Gasteiger partial charge < -0.3 is 9.47 Å². The van der Waals surface area contributed by atoms with Gasteiger partial charge in [0.1, 0.15) is 13.5 Å². The second-order valence-corrected chi connectivity index (χ2v) is 6.00. The van der Waals surface area contributed by atoms with Crippen molar-refractivity contribution in [2.45, 2.75) is 19.4 Å². The van der Waals surface area contributed by atoms with Crippen molar-refractivity contribution in [3.05, 3.63) is 39.9 Å². The van der Waals surface area contributed by atoms with Crippen molar-refractivity contribution in [2.24, 2.45) is 5.92 Å². The Hall–Kier alpha value is -2.52. The lowest BCUT2D eigenvalue weighted by molar-refractivity contribution is -0.384. The zero-order valence-electron chi connectivity index (χ0n) is 14.6. The number of nitro benzene ring substituents is 1. The number of amides is 3. The summed E-state index contributed by atoms with van der Waals surface area (Å²) >= 11 is 0. The van der Waals surface area contributed by atoms with Gasteiger partial charge in [-0.25, -0.2) is 9.69 Å². The number of urea groups is 1. The summed E-state index contributed by atoms with van der Waals surface area (Å²) in [6.07, 6.45) is 0. The summed E-state index contributed by atoms with van der Waals surface area (Å²) in [6.45, 7) is 3.34. The fourth-order valence-electron chi connectivity index (χ4n) is 3.24. The summed E-state index contributed by atoms with van der Waals surface area (Å²) in [5.41, 5.74) is -0.922. The van der Waals surface area contributed by atoms with E-state index >= 15 is 0 Å². The van der Waals surface area contributed by atoms with Crippen LogP contribution in [0.5, 0.6) is 0 Å². The van der Waals surface area contributed by atoms with E-state index in [1.54, 1.807) is 0 Å². The maximum Gasteiger partial charge on any atom is 0.331 e. The maximum absolute atomic E-state index is 13.2. The van der Waals surface area contributed by atoms with Gasteiger partial charge in [0.15, 0.2) is 5.54 Å². The van der Waals surface area contributed by atoms with Crippen LogP contribution in [0.4, 0.5) is 10.5 Å². The van der Waals surface area contributed by atoms with E-state index in [9.17, 15) is 19.7 Å². The molecular formula is C16H21N3O6. The van der Waals surface area contributed by atoms with Gasteiger partial charge >= 0.3 is 6.03 Å². The Bertz CT molecular complexity index is 675. The third kappa shape index (κ3) is 2.85. The fourth-order valence-corrected chi connectivity index (χ4v) is 3.24. The number of benzene rings is 1. The molecule has 9 heteroatoms. The smallest absolute Gasteiger partial charge is 0.331 e. The van der Waals surface area contributed by atoms with E-state index in [-0.39, 0.29) is 25.1 Å². The van der Waals surface area contributed by atoms with Crippen molar-refractivity contribution < 1.29 is 24.0 Å². The molecule has 1 aliphatic heterocycles. The Balaban J connectivity index is 2.63. The highest BCUT2D eigenvalue weighted by atomic mass is 16.6. The molecule has 1 heterocycles. The molecule has 25 heavy (non-hydrogen) atoms. The lowest BCUT2D eigenvalue weighted by Gasteiger charge is -2.38. The molecular weight excluding hydrogens is 330 g/mol. The number of methoxy groups -OCH3 is 2. The molecule has 0 spiro atoms. The molecule has 1 atom stereocenters. The summed E-state index contributed by atoms with van der Waals surface area (Å²) in [4.78, 5) is 38.6. The van der Waals surface area contributed by atoms with E-state index in [1.165, 1.54) is 43.4 Å². The zero-order chi connectivity index (χ0) is 18.8. The largest absolute Gasteiger partial charge is 0.364 e. The number of ether oxygens (including phenoxy) is 2.